The number of aliphatic hydroxyl groups is 2. The normalized spacial score (nSPS) is 25.2. The van der Waals surface area contributed by atoms with Crippen LogP contribution in [0.4, 0.5) is 0 Å². The predicted octanol–water partition coefficient (Wildman–Crippen LogP) is 3.25. The molecule has 3 N–H and O–H groups in total. The van der Waals surface area contributed by atoms with E-state index >= 15 is 0 Å². The first-order chi connectivity index (χ1) is 12.0. The summed E-state index contributed by atoms with van der Waals surface area (Å²) in [6.45, 7) is 2.11. The van der Waals surface area contributed by atoms with Gasteiger partial charge in [0.2, 0.25) is 0 Å². The van der Waals surface area contributed by atoms with Crippen LogP contribution in [0.15, 0.2) is 24.3 Å². The number of hydrogen-bond donors (Lipinski definition) is 3. The molecule has 5 nitrogen and oxygen atoms in total. The zero-order valence-electron chi connectivity index (χ0n) is 15.1. The van der Waals surface area contributed by atoms with Crippen LogP contribution in [0.25, 0.3) is 0 Å². The van der Waals surface area contributed by atoms with Crippen molar-refractivity contribution in [3.63, 3.8) is 0 Å². The van der Waals surface area contributed by atoms with Crippen molar-refractivity contribution in [2.45, 2.75) is 76.9 Å². The molecule has 1 aliphatic carbocycles. The van der Waals surface area contributed by atoms with Crippen molar-refractivity contribution in [1.82, 2.24) is 0 Å². The van der Waals surface area contributed by atoms with Crippen molar-refractivity contribution in [2.75, 3.05) is 0 Å². The van der Waals surface area contributed by atoms with Gasteiger partial charge in [-0.2, -0.15) is 0 Å². The van der Waals surface area contributed by atoms with Crippen LogP contribution >= 0.6 is 0 Å². The van der Waals surface area contributed by atoms with Gasteiger partial charge in [-0.05, 0) is 25.7 Å². The Bertz CT molecular complexity index is 469. The molecule has 4 atom stereocenters. The first-order valence-corrected chi connectivity index (χ1v) is 9.39. The van der Waals surface area contributed by atoms with Gasteiger partial charge in [-0.15, -0.1) is 0 Å². The third-order valence-corrected chi connectivity index (χ3v) is 4.72. The second-order valence-electron chi connectivity index (χ2n) is 6.87. The maximum atomic E-state index is 12.1. The van der Waals surface area contributed by atoms with E-state index in [0.717, 1.165) is 19.3 Å². The second-order valence-corrected chi connectivity index (χ2v) is 6.87. The molecule has 1 unspecified atom stereocenters. The molecule has 1 fully saturated rings. The van der Waals surface area contributed by atoms with Gasteiger partial charge in [0.25, 0.3) is 0 Å². The topological polar surface area (TPSA) is 94.8 Å². The Balaban J connectivity index is 2.48. The van der Waals surface area contributed by atoms with Crippen molar-refractivity contribution in [3.05, 3.63) is 24.3 Å². The Kier molecular flexibility index (Phi) is 10.3. The van der Waals surface area contributed by atoms with Crippen molar-refractivity contribution < 1.29 is 24.9 Å². The first kappa shape index (κ1) is 21.6. The average Bonchev–Trinajstić information content (AvgIpc) is 2.82. The third kappa shape index (κ3) is 8.45. The highest BCUT2D eigenvalue weighted by Gasteiger charge is 2.39. The molecule has 0 spiro atoms. The van der Waals surface area contributed by atoms with Gasteiger partial charge in [0, 0.05) is 24.7 Å². The number of aliphatic hydroxyl groups excluding tert-OH is 2. The van der Waals surface area contributed by atoms with Crippen molar-refractivity contribution in [2.24, 2.45) is 11.8 Å². The molecule has 0 aromatic carbocycles. The molecule has 1 aliphatic rings. The van der Waals surface area contributed by atoms with Crippen molar-refractivity contribution >= 4 is 11.8 Å². The lowest BCUT2D eigenvalue weighted by Gasteiger charge is -2.17. The Labute approximate surface area is 150 Å². The van der Waals surface area contributed by atoms with Gasteiger partial charge in [-0.1, -0.05) is 50.5 Å². The molecule has 142 valence electrons. The minimum absolute atomic E-state index is 0.0220. The van der Waals surface area contributed by atoms with E-state index in [1.54, 1.807) is 12.2 Å². The summed E-state index contributed by atoms with van der Waals surface area (Å²) < 4.78 is 0. The Morgan fingerprint density at radius 1 is 1.28 bits per heavy atom. The first-order valence-electron chi connectivity index (χ1n) is 9.39. The number of carbonyl (C=O) groups is 2. The summed E-state index contributed by atoms with van der Waals surface area (Å²) in [5.74, 6) is -1.29. The van der Waals surface area contributed by atoms with Crippen LogP contribution in [0.1, 0.15) is 64.7 Å². The largest absolute Gasteiger partial charge is 0.481 e. The van der Waals surface area contributed by atoms with E-state index in [-0.39, 0.29) is 30.5 Å². The minimum atomic E-state index is -0.798. The molecule has 0 radical (unpaired) electrons. The molecule has 0 amide bonds. The third-order valence-electron chi connectivity index (χ3n) is 4.72. The quantitative estimate of drug-likeness (QED) is 0.370. The number of allylic oxidation sites excluding steroid dienone is 3. The molecule has 25 heavy (non-hydrogen) atoms. The highest BCUT2D eigenvalue weighted by molar-refractivity contribution is 5.86. The smallest absolute Gasteiger partial charge is 0.303 e. The summed E-state index contributed by atoms with van der Waals surface area (Å²) in [6.07, 6.45) is 12.1. The molecular formula is C20H32O5. The lowest BCUT2D eigenvalue weighted by Crippen LogP contribution is -2.19. The highest BCUT2D eigenvalue weighted by Crippen LogP contribution is 2.33. The molecule has 0 aromatic rings. The van der Waals surface area contributed by atoms with Crippen LogP contribution in [0.3, 0.4) is 0 Å². The highest BCUT2D eigenvalue weighted by atomic mass is 16.4. The Hall–Kier alpha value is -1.46. The molecule has 1 rings (SSSR count). The lowest BCUT2D eigenvalue weighted by atomic mass is 9.90. The summed E-state index contributed by atoms with van der Waals surface area (Å²) in [4.78, 5) is 22.5. The van der Waals surface area contributed by atoms with Crippen LogP contribution in [0, 0.1) is 11.8 Å². The van der Waals surface area contributed by atoms with Crippen LogP contribution in [-0.4, -0.2) is 39.3 Å². The lowest BCUT2D eigenvalue weighted by molar-refractivity contribution is -0.137. The summed E-state index contributed by atoms with van der Waals surface area (Å²) in [5.41, 5.74) is 0. The standard InChI is InChI=1S/C20H32O5/c1-2-3-6-9-15(21)12-13-17-16(18(22)14-19(17)23)10-7-4-5-8-11-20(24)25/h4,7,12-13,15-18,21-22H,2-3,5-6,8-11,14H2,1H3,(H,24,25)/b7-4-,13-12+/t15-,16+,17?,18-/m0/s1. The zero-order valence-corrected chi connectivity index (χ0v) is 15.1. The van der Waals surface area contributed by atoms with Gasteiger partial charge in [0.15, 0.2) is 0 Å². The van der Waals surface area contributed by atoms with E-state index in [2.05, 4.69) is 6.92 Å². The van der Waals surface area contributed by atoms with Gasteiger partial charge in [0.1, 0.15) is 5.78 Å². The summed E-state index contributed by atoms with van der Waals surface area (Å²) in [6, 6.07) is 0. The number of ketones is 1. The van der Waals surface area contributed by atoms with Gasteiger partial charge < -0.3 is 15.3 Å². The van der Waals surface area contributed by atoms with E-state index in [0.29, 0.717) is 25.7 Å². The van der Waals surface area contributed by atoms with Gasteiger partial charge in [-0.3, -0.25) is 9.59 Å². The minimum Gasteiger partial charge on any atom is -0.481 e. The van der Waals surface area contributed by atoms with Crippen molar-refractivity contribution in [3.8, 4) is 0 Å². The number of carboxylic acid groups (broad SMARTS) is 1. The summed E-state index contributed by atoms with van der Waals surface area (Å²) in [7, 11) is 0. The van der Waals surface area contributed by atoms with Gasteiger partial charge >= 0.3 is 5.97 Å². The predicted molar refractivity (Wildman–Crippen MR) is 97.1 cm³/mol. The van der Waals surface area contributed by atoms with Crippen LogP contribution < -0.4 is 0 Å². The fraction of sp³-hybridized carbons (Fsp3) is 0.700. The SMILES string of the molecule is CCCCC[C@H](O)/C=C/C1C(=O)C[C@H](O)[C@@H]1C/C=C\CCCC(=O)O. The maximum Gasteiger partial charge on any atom is 0.303 e. The monoisotopic (exact) mass is 352 g/mol. The molecule has 5 heteroatoms. The van der Waals surface area contributed by atoms with Crippen LogP contribution in [-0.2, 0) is 9.59 Å². The molecule has 0 aliphatic heterocycles. The van der Waals surface area contributed by atoms with Gasteiger partial charge in [-0.25, -0.2) is 0 Å². The summed E-state index contributed by atoms with van der Waals surface area (Å²) >= 11 is 0. The van der Waals surface area contributed by atoms with Gasteiger partial charge in [0.05, 0.1) is 12.2 Å². The Morgan fingerprint density at radius 3 is 2.72 bits per heavy atom. The van der Waals surface area contributed by atoms with Crippen LogP contribution in [0.2, 0.25) is 0 Å². The number of Topliss-reactive ketones (excluding diaryl/α,β-unsaturated/α-hetero) is 1. The molecule has 0 aromatic heterocycles. The molecule has 0 bridgehead atoms. The van der Waals surface area contributed by atoms with E-state index in [4.69, 9.17) is 5.11 Å². The molecule has 1 saturated carbocycles. The molecule has 0 saturated heterocycles. The second kappa shape index (κ2) is 12.0. The summed E-state index contributed by atoms with van der Waals surface area (Å²) in [5, 5.41) is 28.7. The maximum absolute atomic E-state index is 12.1. The Morgan fingerprint density at radius 2 is 2.04 bits per heavy atom. The average molecular weight is 352 g/mol. The number of aliphatic carboxylic acids is 1. The number of unbranched alkanes of at least 4 members (excludes halogenated alkanes) is 3. The van der Waals surface area contributed by atoms with E-state index in [1.165, 1.54) is 0 Å². The van der Waals surface area contributed by atoms with E-state index in [1.807, 2.05) is 12.2 Å². The fourth-order valence-electron chi connectivity index (χ4n) is 3.22. The van der Waals surface area contributed by atoms with Crippen LogP contribution in [0.5, 0.6) is 0 Å². The number of carbonyl (C=O) groups excluding carboxylic acids is 1. The number of hydrogen-bond acceptors (Lipinski definition) is 4. The molecule has 0 heterocycles. The fourth-order valence-corrected chi connectivity index (χ4v) is 3.22. The molecular weight excluding hydrogens is 320 g/mol. The zero-order chi connectivity index (χ0) is 18.7. The van der Waals surface area contributed by atoms with Crippen molar-refractivity contribution in [1.29, 1.82) is 0 Å². The number of rotatable bonds is 12. The van der Waals surface area contributed by atoms with E-state index < -0.39 is 18.2 Å². The number of carboxylic acids is 1. The van der Waals surface area contributed by atoms with E-state index in [9.17, 15) is 19.8 Å².